The van der Waals surface area contributed by atoms with Crippen LogP contribution in [0.25, 0.3) is 10.1 Å². The Kier molecular flexibility index (Phi) is 4.47. The summed E-state index contributed by atoms with van der Waals surface area (Å²) < 4.78 is 0.975. The minimum atomic E-state index is -0.594. The van der Waals surface area contributed by atoms with E-state index in [2.05, 4.69) is 10.6 Å². The van der Waals surface area contributed by atoms with Crippen LogP contribution in [0.15, 0.2) is 18.2 Å². The molecular formula is C15H19N3O2S. The van der Waals surface area contributed by atoms with E-state index in [1.54, 1.807) is 6.92 Å². The first-order valence-corrected chi connectivity index (χ1v) is 7.63. The molecule has 0 aliphatic rings. The van der Waals surface area contributed by atoms with Gasteiger partial charge in [-0.25, -0.2) is 0 Å². The molecule has 1 atom stereocenters. The molecular weight excluding hydrogens is 286 g/mol. The molecule has 1 heterocycles. The molecule has 2 rings (SSSR count). The van der Waals surface area contributed by atoms with Crippen molar-refractivity contribution in [3.63, 3.8) is 0 Å². The maximum Gasteiger partial charge on any atom is 0.264 e. The number of amides is 2. The molecule has 0 radical (unpaired) electrons. The van der Waals surface area contributed by atoms with E-state index in [0.29, 0.717) is 17.1 Å². The topological polar surface area (TPSA) is 84.2 Å². The number of carbonyl (C=O) groups excluding carboxylic acids is 2. The molecule has 0 saturated carbocycles. The van der Waals surface area contributed by atoms with E-state index >= 15 is 0 Å². The van der Waals surface area contributed by atoms with Gasteiger partial charge in [-0.15, -0.1) is 11.3 Å². The average molecular weight is 305 g/mol. The number of nitrogen functional groups attached to an aromatic ring is 1. The SMILES string of the molecule is CCNC(=O)C(C)NC(=O)c1sc2cc(C)ccc2c1N. The number of benzene rings is 1. The number of rotatable bonds is 4. The van der Waals surface area contributed by atoms with Crippen molar-refractivity contribution in [2.75, 3.05) is 12.3 Å². The first-order valence-electron chi connectivity index (χ1n) is 6.81. The third-order valence-corrected chi connectivity index (χ3v) is 4.35. The zero-order valence-electron chi connectivity index (χ0n) is 12.3. The summed E-state index contributed by atoms with van der Waals surface area (Å²) in [5.74, 6) is -0.522. The van der Waals surface area contributed by atoms with Gasteiger partial charge in [0.25, 0.3) is 5.91 Å². The number of hydrogen-bond donors (Lipinski definition) is 3. The molecule has 2 amide bonds. The number of anilines is 1. The molecule has 6 heteroatoms. The monoisotopic (exact) mass is 305 g/mol. The smallest absolute Gasteiger partial charge is 0.264 e. The quantitative estimate of drug-likeness (QED) is 0.808. The van der Waals surface area contributed by atoms with Gasteiger partial charge in [0.2, 0.25) is 5.91 Å². The Bertz CT molecular complexity index is 694. The van der Waals surface area contributed by atoms with Crippen LogP contribution >= 0.6 is 11.3 Å². The highest BCUT2D eigenvalue weighted by molar-refractivity contribution is 7.21. The van der Waals surface area contributed by atoms with Gasteiger partial charge < -0.3 is 16.4 Å². The van der Waals surface area contributed by atoms with Crippen LogP contribution in [-0.4, -0.2) is 24.4 Å². The lowest BCUT2D eigenvalue weighted by Gasteiger charge is -2.12. The van der Waals surface area contributed by atoms with Crippen LogP contribution < -0.4 is 16.4 Å². The number of nitrogens with one attached hydrogen (secondary N) is 2. The highest BCUT2D eigenvalue weighted by atomic mass is 32.1. The van der Waals surface area contributed by atoms with Crippen LogP contribution in [0, 0.1) is 6.92 Å². The van der Waals surface area contributed by atoms with Gasteiger partial charge in [-0.1, -0.05) is 12.1 Å². The van der Waals surface area contributed by atoms with Crippen molar-refractivity contribution in [2.45, 2.75) is 26.8 Å². The Morgan fingerprint density at radius 3 is 2.76 bits per heavy atom. The van der Waals surface area contributed by atoms with Crippen LogP contribution in [0.3, 0.4) is 0 Å². The standard InChI is InChI=1S/C15H19N3O2S/c1-4-17-14(19)9(3)18-15(20)13-12(16)10-6-5-8(2)7-11(10)21-13/h5-7,9H,4,16H2,1-3H3,(H,17,19)(H,18,20). The number of fused-ring (bicyclic) bond motifs is 1. The molecule has 0 bridgehead atoms. The van der Waals surface area contributed by atoms with Gasteiger partial charge in [-0.2, -0.15) is 0 Å². The van der Waals surface area contributed by atoms with E-state index in [-0.39, 0.29) is 11.8 Å². The van der Waals surface area contributed by atoms with Gasteiger partial charge in [-0.3, -0.25) is 9.59 Å². The minimum absolute atomic E-state index is 0.207. The number of aryl methyl sites for hydroxylation is 1. The van der Waals surface area contributed by atoms with Crippen LogP contribution in [0.1, 0.15) is 29.1 Å². The summed E-state index contributed by atoms with van der Waals surface area (Å²) >= 11 is 1.34. The number of hydrogen-bond acceptors (Lipinski definition) is 4. The molecule has 21 heavy (non-hydrogen) atoms. The van der Waals surface area contributed by atoms with Gasteiger partial charge in [0.05, 0.1) is 5.69 Å². The summed E-state index contributed by atoms with van der Waals surface area (Å²) in [6.45, 7) is 6.00. The lowest BCUT2D eigenvalue weighted by molar-refractivity contribution is -0.122. The normalized spacial score (nSPS) is 12.1. The maximum absolute atomic E-state index is 12.3. The van der Waals surface area contributed by atoms with Crippen molar-refractivity contribution in [2.24, 2.45) is 0 Å². The van der Waals surface area contributed by atoms with Gasteiger partial charge in [0.1, 0.15) is 10.9 Å². The van der Waals surface area contributed by atoms with Crippen molar-refractivity contribution in [1.29, 1.82) is 0 Å². The van der Waals surface area contributed by atoms with Gasteiger partial charge in [0, 0.05) is 16.6 Å². The van der Waals surface area contributed by atoms with E-state index < -0.39 is 6.04 Å². The molecule has 0 aliphatic heterocycles. The molecule has 1 unspecified atom stereocenters. The zero-order chi connectivity index (χ0) is 15.6. The summed E-state index contributed by atoms with van der Waals surface area (Å²) in [5.41, 5.74) is 7.63. The molecule has 2 aromatic rings. The van der Waals surface area contributed by atoms with E-state index in [9.17, 15) is 9.59 Å². The second-order valence-corrected chi connectivity index (χ2v) is 5.99. The second kappa shape index (κ2) is 6.13. The predicted octanol–water partition coefficient (Wildman–Crippen LogP) is 2.05. The Balaban J connectivity index is 2.23. The van der Waals surface area contributed by atoms with Crippen molar-refractivity contribution in [1.82, 2.24) is 10.6 Å². The van der Waals surface area contributed by atoms with E-state index in [4.69, 9.17) is 5.73 Å². The van der Waals surface area contributed by atoms with E-state index in [1.165, 1.54) is 11.3 Å². The van der Waals surface area contributed by atoms with Crippen molar-refractivity contribution in [3.05, 3.63) is 28.6 Å². The number of carbonyl (C=O) groups is 2. The van der Waals surface area contributed by atoms with Crippen LogP contribution in [-0.2, 0) is 4.79 Å². The van der Waals surface area contributed by atoms with Crippen LogP contribution in [0.4, 0.5) is 5.69 Å². The Morgan fingerprint density at radius 1 is 1.38 bits per heavy atom. The average Bonchev–Trinajstić information content (AvgIpc) is 2.75. The number of nitrogens with two attached hydrogens (primary N) is 1. The Labute approximate surface area is 127 Å². The molecule has 5 nitrogen and oxygen atoms in total. The highest BCUT2D eigenvalue weighted by Crippen LogP contribution is 2.34. The third kappa shape index (κ3) is 3.16. The van der Waals surface area contributed by atoms with Crippen LogP contribution in [0.2, 0.25) is 0 Å². The highest BCUT2D eigenvalue weighted by Gasteiger charge is 2.20. The van der Waals surface area contributed by atoms with E-state index in [1.807, 2.05) is 32.0 Å². The summed E-state index contributed by atoms with van der Waals surface area (Å²) in [6, 6.07) is 5.29. The Hall–Kier alpha value is -2.08. The predicted molar refractivity (Wildman–Crippen MR) is 86.6 cm³/mol. The fraction of sp³-hybridized carbons (Fsp3) is 0.333. The van der Waals surface area contributed by atoms with Crippen LogP contribution in [0.5, 0.6) is 0 Å². The molecule has 4 N–H and O–H groups in total. The first-order chi connectivity index (χ1) is 9.93. The number of thiophene rings is 1. The molecule has 0 aliphatic carbocycles. The van der Waals surface area contributed by atoms with E-state index in [0.717, 1.165) is 15.6 Å². The minimum Gasteiger partial charge on any atom is -0.397 e. The van der Waals surface area contributed by atoms with Gasteiger partial charge >= 0.3 is 0 Å². The third-order valence-electron chi connectivity index (χ3n) is 3.18. The molecule has 0 fully saturated rings. The van der Waals surface area contributed by atoms with Gasteiger partial charge in [0.15, 0.2) is 0 Å². The molecule has 112 valence electrons. The van der Waals surface area contributed by atoms with Crippen molar-refractivity contribution >= 4 is 38.9 Å². The zero-order valence-corrected chi connectivity index (χ0v) is 13.1. The first kappa shape index (κ1) is 15.3. The summed E-state index contributed by atoms with van der Waals surface area (Å²) in [5, 5.41) is 6.22. The number of likely N-dealkylation sites (N-methyl/N-ethyl adjacent to an activating group) is 1. The van der Waals surface area contributed by atoms with Crippen molar-refractivity contribution < 1.29 is 9.59 Å². The van der Waals surface area contributed by atoms with Crippen molar-refractivity contribution in [3.8, 4) is 0 Å². The fourth-order valence-corrected chi connectivity index (χ4v) is 3.17. The Morgan fingerprint density at radius 2 is 2.10 bits per heavy atom. The second-order valence-electron chi connectivity index (χ2n) is 4.93. The van der Waals surface area contributed by atoms with Gasteiger partial charge in [-0.05, 0) is 32.4 Å². The lowest BCUT2D eigenvalue weighted by atomic mass is 10.1. The summed E-state index contributed by atoms with van der Waals surface area (Å²) in [4.78, 5) is 24.4. The maximum atomic E-state index is 12.3. The summed E-state index contributed by atoms with van der Waals surface area (Å²) in [7, 11) is 0. The molecule has 1 aromatic carbocycles. The largest absolute Gasteiger partial charge is 0.397 e. The molecule has 0 spiro atoms. The molecule has 0 saturated heterocycles. The lowest BCUT2D eigenvalue weighted by Crippen LogP contribution is -2.44. The summed E-state index contributed by atoms with van der Waals surface area (Å²) in [6.07, 6.45) is 0. The fourth-order valence-electron chi connectivity index (χ4n) is 2.05. The molecule has 1 aromatic heterocycles.